The van der Waals surface area contributed by atoms with Gasteiger partial charge in [0.2, 0.25) is 0 Å². The van der Waals surface area contributed by atoms with E-state index >= 15 is 0 Å². The monoisotopic (exact) mass is 332 g/mol. The van der Waals surface area contributed by atoms with E-state index in [9.17, 15) is 9.46 Å². The summed E-state index contributed by atoms with van der Waals surface area (Å²) in [5.41, 5.74) is 0. The van der Waals surface area contributed by atoms with Crippen LogP contribution in [-0.2, 0) is 13.8 Å². The van der Waals surface area contributed by atoms with E-state index in [1.807, 2.05) is 0 Å². The second-order valence-corrected chi connectivity index (χ2v) is 6.29. The molecule has 0 aliphatic carbocycles. The van der Waals surface area contributed by atoms with Crippen molar-refractivity contribution in [1.29, 1.82) is 0 Å². The molecule has 0 aromatic carbocycles. The number of ether oxygens (including phenoxy) is 1. The van der Waals surface area contributed by atoms with Crippen molar-refractivity contribution in [2.24, 2.45) is 0 Å². The fourth-order valence-electron chi connectivity index (χ4n) is 2.01. The van der Waals surface area contributed by atoms with Crippen molar-refractivity contribution in [3.05, 3.63) is 0 Å². The number of phosphoric ester groups is 1. The Kier molecular flexibility index (Phi) is 20.2. The average molecular weight is 332 g/mol. The zero-order valence-electron chi connectivity index (χ0n) is 13.7. The van der Waals surface area contributed by atoms with E-state index in [0.29, 0.717) is 6.61 Å². The van der Waals surface area contributed by atoms with Gasteiger partial charge in [0, 0.05) is 6.61 Å². The summed E-state index contributed by atoms with van der Waals surface area (Å²) in [7, 11) is -4.58. The first-order chi connectivity index (χ1) is 9.56. The minimum atomic E-state index is -4.58. The zero-order valence-corrected chi connectivity index (χ0v) is 16.6. The molecule has 0 fully saturated rings. The van der Waals surface area contributed by atoms with Gasteiger partial charge >= 0.3 is 29.6 Å². The van der Waals surface area contributed by atoms with Crippen molar-refractivity contribution >= 4 is 7.82 Å². The predicted molar refractivity (Wildman–Crippen MR) is 78.4 cm³/mol. The molecule has 122 valence electrons. The summed E-state index contributed by atoms with van der Waals surface area (Å²) in [5.74, 6) is 0. The third-order valence-electron chi connectivity index (χ3n) is 3.12. The Morgan fingerprint density at radius 3 is 1.81 bits per heavy atom. The van der Waals surface area contributed by atoms with Gasteiger partial charge in [-0.15, -0.1) is 0 Å². The molecule has 21 heavy (non-hydrogen) atoms. The molecule has 0 amide bonds. The topological polar surface area (TPSA) is 78.8 Å². The van der Waals surface area contributed by atoms with Gasteiger partial charge in [0.15, 0.2) is 0 Å². The number of rotatable bonds is 15. The molecular weight excluding hydrogens is 302 g/mol. The third kappa shape index (κ3) is 23.5. The van der Waals surface area contributed by atoms with Crippen LogP contribution in [0.15, 0.2) is 0 Å². The van der Waals surface area contributed by atoms with Crippen LogP contribution in [0.5, 0.6) is 0 Å². The van der Waals surface area contributed by atoms with Crippen LogP contribution in [0.25, 0.3) is 0 Å². The molecule has 0 aliphatic heterocycles. The summed E-state index contributed by atoms with van der Waals surface area (Å²) in [4.78, 5) is 18.6. The van der Waals surface area contributed by atoms with Gasteiger partial charge in [-0.3, -0.25) is 4.57 Å². The van der Waals surface area contributed by atoms with E-state index < -0.39 is 7.82 Å². The van der Waals surface area contributed by atoms with E-state index in [1.165, 1.54) is 51.4 Å². The van der Waals surface area contributed by atoms with E-state index in [2.05, 4.69) is 11.4 Å². The second kappa shape index (κ2) is 17.4. The van der Waals surface area contributed by atoms with Crippen LogP contribution in [0.2, 0.25) is 0 Å². The summed E-state index contributed by atoms with van der Waals surface area (Å²) in [6, 6.07) is 0. The van der Waals surface area contributed by atoms with E-state index in [4.69, 9.17) is 9.63 Å². The summed E-state index contributed by atoms with van der Waals surface area (Å²) in [6.45, 7) is 2.94. The minimum absolute atomic E-state index is 0. The Morgan fingerprint density at radius 2 is 1.33 bits per heavy atom. The second-order valence-electron chi connectivity index (χ2n) is 5.10. The van der Waals surface area contributed by atoms with Gasteiger partial charge in [0.05, 0.1) is 13.2 Å². The van der Waals surface area contributed by atoms with Gasteiger partial charge in [0.25, 0.3) is 7.82 Å². The maximum absolute atomic E-state index is 10.3. The Labute approximate surface area is 151 Å². The molecule has 0 saturated heterocycles. The normalized spacial score (nSPS) is 13.7. The van der Waals surface area contributed by atoms with Crippen LogP contribution in [0, 0.1) is 0 Å². The molecule has 0 spiro atoms. The van der Waals surface area contributed by atoms with Crippen molar-refractivity contribution in [2.45, 2.75) is 71.1 Å². The number of hydrogen-bond acceptors (Lipinski definition) is 4. The summed E-state index contributed by atoms with van der Waals surface area (Å²) < 4.78 is 19.6. The molecule has 1 N–H and O–H groups in total. The molecule has 0 bridgehead atoms. The van der Waals surface area contributed by atoms with Crippen LogP contribution in [0.1, 0.15) is 71.1 Å². The van der Waals surface area contributed by atoms with Crippen molar-refractivity contribution < 1.29 is 53.2 Å². The van der Waals surface area contributed by atoms with Gasteiger partial charge in [0.1, 0.15) is 0 Å². The zero-order chi connectivity index (χ0) is 15.1. The first-order valence-electron chi connectivity index (χ1n) is 7.82. The van der Waals surface area contributed by atoms with Crippen molar-refractivity contribution in [3.8, 4) is 0 Å². The van der Waals surface area contributed by atoms with Crippen LogP contribution in [0.4, 0.5) is 0 Å². The van der Waals surface area contributed by atoms with E-state index in [-0.39, 0.29) is 42.8 Å². The fraction of sp³-hybridized carbons (Fsp3) is 1.00. The molecule has 1 atom stereocenters. The molecule has 0 saturated carbocycles. The van der Waals surface area contributed by atoms with Crippen LogP contribution in [-0.4, -0.2) is 24.7 Å². The summed E-state index contributed by atoms with van der Waals surface area (Å²) >= 11 is 0. The third-order valence-corrected chi connectivity index (χ3v) is 3.63. The Balaban J connectivity index is 0. The van der Waals surface area contributed by atoms with E-state index in [0.717, 1.165) is 12.8 Å². The molecule has 0 aliphatic rings. The molecule has 0 rings (SSSR count). The fourth-order valence-corrected chi connectivity index (χ4v) is 2.31. The average Bonchev–Trinajstić information content (AvgIpc) is 2.38. The number of hydrogen-bond donors (Lipinski definition) is 1. The van der Waals surface area contributed by atoms with Crippen molar-refractivity contribution in [2.75, 3.05) is 19.8 Å². The first-order valence-corrected chi connectivity index (χ1v) is 9.32. The quantitative estimate of drug-likeness (QED) is 0.267. The molecule has 0 radical (unpaired) electrons. The number of unbranched alkanes of at least 4 members (excludes halogenated alkanes) is 9. The predicted octanol–water partition coefficient (Wildman–Crippen LogP) is 0.405. The molecule has 5 nitrogen and oxygen atoms in total. The molecular formula is C14H30NaO5P. The smallest absolute Gasteiger partial charge is 0.756 e. The standard InChI is InChI=1S/C14H31O5P.Na/c1-2-3-4-5-6-7-8-9-10-11-12-18-13-14-19-20(15,16)17;/h2-14H2,1H3,(H2,15,16,17);/q;+1/p-1. The van der Waals surface area contributed by atoms with Gasteiger partial charge in [-0.25, -0.2) is 0 Å². The van der Waals surface area contributed by atoms with Crippen LogP contribution in [0.3, 0.4) is 0 Å². The number of phosphoric acid groups is 1. The SMILES string of the molecule is CCCCCCCCCCCCOCCOP(=O)([O-])O.[Na+]. The summed E-state index contributed by atoms with van der Waals surface area (Å²) in [5, 5.41) is 0. The Hall–Kier alpha value is 1.07. The molecule has 0 heterocycles. The van der Waals surface area contributed by atoms with Crippen molar-refractivity contribution in [3.63, 3.8) is 0 Å². The molecule has 0 aromatic heterocycles. The van der Waals surface area contributed by atoms with Gasteiger partial charge < -0.3 is 19.0 Å². The largest absolute Gasteiger partial charge is 1.00 e. The Morgan fingerprint density at radius 1 is 0.857 bits per heavy atom. The van der Waals surface area contributed by atoms with Crippen molar-refractivity contribution in [1.82, 2.24) is 0 Å². The van der Waals surface area contributed by atoms with Crippen LogP contribution >= 0.6 is 7.82 Å². The minimum Gasteiger partial charge on any atom is -0.756 e. The molecule has 0 aromatic rings. The van der Waals surface area contributed by atoms with Gasteiger partial charge in [-0.1, -0.05) is 64.7 Å². The van der Waals surface area contributed by atoms with Crippen LogP contribution < -0.4 is 34.5 Å². The van der Waals surface area contributed by atoms with Gasteiger partial charge in [-0.05, 0) is 6.42 Å². The Bertz CT molecular complexity index is 248. The summed E-state index contributed by atoms with van der Waals surface area (Å²) in [6.07, 6.45) is 12.7. The van der Waals surface area contributed by atoms with E-state index in [1.54, 1.807) is 0 Å². The maximum atomic E-state index is 10.3. The first kappa shape index (κ1) is 24.3. The molecule has 7 heteroatoms. The van der Waals surface area contributed by atoms with Gasteiger partial charge in [-0.2, -0.15) is 0 Å². The molecule has 1 unspecified atom stereocenters. The maximum Gasteiger partial charge on any atom is 1.00 e.